The van der Waals surface area contributed by atoms with Crippen molar-refractivity contribution in [1.29, 1.82) is 0 Å². The number of unbranched alkanes of at least 4 members (excludes halogenated alkanes) is 1. The second-order valence-electron chi connectivity index (χ2n) is 4.84. The standard InChI is InChI=1S/C11H22O4S/c1-5-6-8-16(13,14)9-7-10(12)15-11(2,3)4/h5-9H2,1-4H3. The highest BCUT2D eigenvalue weighted by atomic mass is 32.2. The van der Waals surface area contributed by atoms with E-state index in [1.807, 2.05) is 6.92 Å². The van der Waals surface area contributed by atoms with Gasteiger partial charge in [0.25, 0.3) is 0 Å². The van der Waals surface area contributed by atoms with Gasteiger partial charge in [0.2, 0.25) is 0 Å². The van der Waals surface area contributed by atoms with Crippen molar-refractivity contribution in [3.05, 3.63) is 0 Å². The fraction of sp³-hybridized carbons (Fsp3) is 0.909. The molecule has 0 aromatic rings. The van der Waals surface area contributed by atoms with Crippen LogP contribution in [0, 0.1) is 0 Å². The van der Waals surface area contributed by atoms with Gasteiger partial charge in [-0.05, 0) is 27.2 Å². The Morgan fingerprint density at radius 1 is 1.19 bits per heavy atom. The van der Waals surface area contributed by atoms with E-state index in [4.69, 9.17) is 4.74 Å². The maximum absolute atomic E-state index is 11.5. The Kier molecular flexibility index (Phi) is 6.00. The van der Waals surface area contributed by atoms with Crippen molar-refractivity contribution < 1.29 is 17.9 Å². The Hall–Kier alpha value is -0.580. The van der Waals surface area contributed by atoms with Gasteiger partial charge in [0.15, 0.2) is 9.84 Å². The predicted octanol–water partition coefficient (Wildman–Crippen LogP) is 1.93. The molecule has 0 aliphatic carbocycles. The van der Waals surface area contributed by atoms with Crippen LogP contribution in [-0.4, -0.2) is 31.5 Å². The number of rotatable bonds is 6. The maximum Gasteiger partial charge on any atom is 0.307 e. The lowest BCUT2D eigenvalue weighted by Gasteiger charge is -2.19. The molecule has 0 aliphatic rings. The third-order valence-electron chi connectivity index (χ3n) is 1.85. The normalized spacial score (nSPS) is 12.5. The molecule has 96 valence electrons. The quantitative estimate of drug-likeness (QED) is 0.676. The average molecular weight is 250 g/mol. The van der Waals surface area contributed by atoms with Gasteiger partial charge in [0, 0.05) is 0 Å². The minimum Gasteiger partial charge on any atom is -0.460 e. The minimum atomic E-state index is -3.10. The number of hydrogen-bond acceptors (Lipinski definition) is 4. The molecule has 0 atom stereocenters. The van der Waals surface area contributed by atoms with Gasteiger partial charge in [-0.15, -0.1) is 0 Å². The zero-order valence-electron chi connectivity index (χ0n) is 10.6. The summed E-state index contributed by atoms with van der Waals surface area (Å²) in [6, 6.07) is 0. The van der Waals surface area contributed by atoms with Gasteiger partial charge in [0.1, 0.15) is 5.60 Å². The van der Waals surface area contributed by atoms with Crippen molar-refractivity contribution in [2.75, 3.05) is 11.5 Å². The molecular formula is C11H22O4S. The highest BCUT2D eigenvalue weighted by Crippen LogP contribution is 2.09. The van der Waals surface area contributed by atoms with E-state index in [1.54, 1.807) is 20.8 Å². The van der Waals surface area contributed by atoms with E-state index in [2.05, 4.69) is 0 Å². The summed E-state index contributed by atoms with van der Waals surface area (Å²) >= 11 is 0. The Morgan fingerprint density at radius 3 is 2.19 bits per heavy atom. The number of carbonyl (C=O) groups is 1. The summed E-state index contributed by atoms with van der Waals surface area (Å²) in [5.74, 6) is -0.402. The zero-order chi connectivity index (χ0) is 12.8. The lowest BCUT2D eigenvalue weighted by Crippen LogP contribution is -2.25. The van der Waals surface area contributed by atoms with Crippen LogP contribution in [-0.2, 0) is 19.4 Å². The molecule has 0 N–H and O–H groups in total. The molecular weight excluding hydrogens is 228 g/mol. The summed E-state index contributed by atoms with van der Waals surface area (Å²) in [5.41, 5.74) is -0.551. The Labute approximate surface area is 98.3 Å². The molecule has 0 saturated carbocycles. The SMILES string of the molecule is CCCCS(=O)(=O)CCC(=O)OC(C)(C)C. The topological polar surface area (TPSA) is 60.4 Å². The molecule has 0 radical (unpaired) electrons. The van der Waals surface area contributed by atoms with Crippen LogP contribution in [0.4, 0.5) is 0 Å². The highest BCUT2D eigenvalue weighted by molar-refractivity contribution is 7.91. The van der Waals surface area contributed by atoms with Gasteiger partial charge in [-0.25, -0.2) is 8.42 Å². The van der Waals surface area contributed by atoms with E-state index in [9.17, 15) is 13.2 Å². The maximum atomic E-state index is 11.5. The monoisotopic (exact) mass is 250 g/mol. The van der Waals surface area contributed by atoms with Crippen molar-refractivity contribution in [3.63, 3.8) is 0 Å². The molecule has 5 heteroatoms. The number of carbonyl (C=O) groups excluding carboxylic acids is 1. The van der Waals surface area contributed by atoms with Gasteiger partial charge < -0.3 is 4.74 Å². The molecule has 0 rings (SSSR count). The number of ether oxygens (including phenoxy) is 1. The van der Waals surface area contributed by atoms with Crippen molar-refractivity contribution >= 4 is 15.8 Å². The van der Waals surface area contributed by atoms with Crippen LogP contribution < -0.4 is 0 Å². The zero-order valence-corrected chi connectivity index (χ0v) is 11.4. The van der Waals surface area contributed by atoms with Crippen LogP contribution in [0.15, 0.2) is 0 Å². The van der Waals surface area contributed by atoms with E-state index in [-0.39, 0.29) is 17.9 Å². The van der Waals surface area contributed by atoms with Crippen LogP contribution >= 0.6 is 0 Å². The summed E-state index contributed by atoms with van der Waals surface area (Å²) < 4.78 is 27.9. The van der Waals surface area contributed by atoms with E-state index < -0.39 is 21.4 Å². The largest absolute Gasteiger partial charge is 0.460 e. The van der Waals surface area contributed by atoms with Crippen LogP contribution in [0.25, 0.3) is 0 Å². The first-order valence-corrected chi connectivity index (χ1v) is 7.41. The van der Waals surface area contributed by atoms with E-state index in [0.717, 1.165) is 6.42 Å². The smallest absolute Gasteiger partial charge is 0.307 e. The van der Waals surface area contributed by atoms with Gasteiger partial charge >= 0.3 is 5.97 Å². The van der Waals surface area contributed by atoms with Crippen molar-refractivity contribution in [2.24, 2.45) is 0 Å². The molecule has 0 amide bonds. The van der Waals surface area contributed by atoms with Gasteiger partial charge in [-0.2, -0.15) is 0 Å². The Morgan fingerprint density at radius 2 is 1.75 bits per heavy atom. The van der Waals surface area contributed by atoms with Gasteiger partial charge in [-0.3, -0.25) is 4.79 Å². The van der Waals surface area contributed by atoms with Crippen LogP contribution in [0.2, 0.25) is 0 Å². The van der Waals surface area contributed by atoms with Gasteiger partial charge in [0.05, 0.1) is 17.9 Å². The second-order valence-corrected chi connectivity index (χ2v) is 7.15. The van der Waals surface area contributed by atoms with Crippen molar-refractivity contribution in [3.8, 4) is 0 Å². The summed E-state index contributed by atoms with van der Waals surface area (Å²) in [6.07, 6.45) is 1.44. The summed E-state index contributed by atoms with van der Waals surface area (Å²) in [7, 11) is -3.10. The number of sulfone groups is 1. The van der Waals surface area contributed by atoms with Crippen LogP contribution in [0.3, 0.4) is 0 Å². The molecule has 4 nitrogen and oxygen atoms in total. The first-order chi connectivity index (χ1) is 7.16. The second kappa shape index (κ2) is 6.23. The van der Waals surface area contributed by atoms with Gasteiger partial charge in [-0.1, -0.05) is 13.3 Å². The molecule has 0 heterocycles. The van der Waals surface area contributed by atoms with Crippen molar-refractivity contribution in [1.82, 2.24) is 0 Å². The molecule has 0 unspecified atom stereocenters. The molecule has 0 spiro atoms. The molecule has 16 heavy (non-hydrogen) atoms. The van der Waals surface area contributed by atoms with Crippen molar-refractivity contribution in [2.45, 2.75) is 52.6 Å². The molecule has 0 bridgehead atoms. The Balaban J connectivity index is 4.01. The summed E-state index contributed by atoms with van der Waals surface area (Å²) in [6.45, 7) is 7.22. The third kappa shape index (κ3) is 8.71. The number of esters is 1. The third-order valence-corrected chi connectivity index (χ3v) is 3.58. The first-order valence-electron chi connectivity index (χ1n) is 5.58. The number of hydrogen-bond donors (Lipinski definition) is 0. The summed E-state index contributed by atoms with van der Waals surface area (Å²) in [5, 5.41) is 0. The molecule has 0 fully saturated rings. The fourth-order valence-electron chi connectivity index (χ4n) is 1.10. The lowest BCUT2D eigenvalue weighted by molar-refractivity contribution is -0.154. The van der Waals surface area contributed by atoms with Crippen LogP contribution in [0.5, 0.6) is 0 Å². The molecule has 0 aliphatic heterocycles. The Bertz CT molecular complexity index is 311. The van der Waals surface area contributed by atoms with Crippen LogP contribution in [0.1, 0.15) is 47.0 Å². The average Bonchev–Trinajstić information content (AvgIpc) is 2.09. The molecule has 0 saturated heterocycles. The molecule has 0 aromatic carbocycles. The minimum absolute atomic E-state index is 0.0523. The summed E-state index contributed by atoms with van der Waals surface area (Å²) in [4.78, 5) is 11.3. The molecule has 0 aromatic heterocycles. The van der Waals surface area contributed by atoms with E-state index in [1.165, 1.54) is 0 Å². The highest BCUT2D eigenvalue weighted by Gasteiger charge is 2.19. The van der Waals surface area contributed by atoms with E-state index in [0.29, 0.717) is 6.42 Å². The lowest BCUT2D eigenvalue weighted by atomic mass is 10.2. The fourth-order valence-corrected chi connectivity index (χ4v) is 2.51. The first kappa shape index (κ1) is 15.4. The predicted molar refractivity (Wildman–Crippen MR) is 64.0 cm³/mol. The van der Waals surface area contributed by atoms with E-state index >= 15 is 0 Å².